The van der Waals surface area contributed by atoms with E-state index >= 15 is 0 Å². The molecule has 0 fully saturated rings. The van der Waals surface area contributed by atoms with E-state index in [1.54, 1.807) is 43.3 Å². The molecule has 0 saturated heterocycles. The summed E-state index contributed by atoms with van der Waals surface area (Å²) in [5, 5.41) is 2.70. The number of carbonyl (C=O) groups is 1. The van der Waals surface area contributed by atoms with Gasteiger partial charge in [0.2, 0.25) is 15.9 Å². The second kappa shape index (κ2) is 9.02. The molecule has 0 unspecified atom stereocenters. The van der Waals surface area contributed by atoms with Crippen LogP contribution in [0, 0.1) is 6.92 Å². The molecule has 2 aromatic carbocycles. The predicted octanol–water partition coefficient (Wildman–Crippen LogP) is 2.15. The van der Waals surface area contributed by atoms with Crippen molar-refractivity contribution in [2.24, 2.45) is 0 Å². The molecule has 30 heavy (non-hydrogen) atoms. The Morgan fingerprint density at radius 2 is 1.83 bits per heavy atom. The van der Waals surface area contributed by atoms with E-state index in [1.165, 1.54) is 6.07 Å². The highest BCUT2D eigenvalue weighted by Gasteiger charge is 2.20. The largest absolute Gasteiger partial charge is 0.325 e. The summed E-state index contributed by atoms with van der Waals surface area (Å²) < 4.78 is 25.4. The highest BCUT2D eigenvalue weighted by Crippen LogP contribution is 2.19. The fourth-order valence-electron chi connectivity index (χ4n) is 2.90. The van der Waals surface area contributed by atoms with Crippen molar-refractivity contribution in [3.63, 3.8) is 0 Å². The Balaban J connectivity index is 1.75. The van der Waals surface area contributed by atoms with Gasteiger partial charge in [0.1, 0.15) is 5.82 Å². The minimum absolute atomic E-state index is 0.0988. The smallest absolute Gasteiger partial charge is 0.251 e. The average molecular weight is 426 g/mol. The van der Waals surface area contributed by atoms with Crippen molar-refractivity contribution < 1.29 is 13.2 Å². The van der Waals surface area contributed by atoms with E-state index in [1.807, 2.05) is 18.2 Å². The minimum atomic E-state index is -3.59. The zero-order chi connectivity index (χ0) is 21.7. The van der Waals surface area contributed by atoms with Crippen molar-refractivity contribution in [3.05, 3.63) is 82.3 Å². The van der Waals surface area contributed by atoms with Gasteiger partial charge in [0.25, 0.3) is 5.56 Å². The van der Waals surface area contributed by atoms with Crippen LogP contribution in [0.2, 0.25) is 0 Å². The van der Waals surface area contributed by atoms with Crippen LogP contribution in [0.15, 0.2) is 65.5 Å². The molecule has 0 radical (unpaired) electrons. The summed E-state index contributed by atoms with van der Waals surface area (Å²) in [5.74, 6) is -0.0860. The molecule has 2 N–H and O–H groups in total. The summed E-state index contributed by atoms with van der Waals surface area (Å²) in [7, 11) is -3.59. The van der Waals surface area contributed by atoms with Gasteiger partial charge in [-0.2, -0.15) is 4.31 Å². The number of hydrogen-bond acceptors (Lipinski definition) is 5. The lowest BCUT2D eigenvalue weighted by Crippen LogP contribution is -2.36. The quantitative estimate of drug-likeness (QED) is 0.601. The van der Waals surface area contributed by atoms with Crippen LogP contribution < -0.4 is 10.9 Å². The van der Waals surface area contributed by atoms with Gasteiger partial charge in [-0.25, -0.2) is 13.4 Å². The number of H-pyrrole nitrogens is 1. The number of anilines is 1. The minimum Gasteiger partial charge on any atom is -0.325 e. The standard InChI is InChI=1S/C21H22N4O4S/c1-15-11-19(26)24-21(22-15)17-9-6-10-18(12-17)23-20(27)14-25(30(2,28)29)13-16-7-4-3-5-8-16/h3-12H,13-14H2,1-2H3,(H,23,27)(H,22,24,26). The normalized spacial score (nSPS) is 11.4. The Kier molecular flexibility index (Phi) is 6.43. The van der Waals surface area contributed by atoms with Gasteiger partial charge in [-0.15, -0.1) is 0 Å². The first-order valence-corrected chi connectivity index (χ1v) is 11.0. The van der Waals surface area contributed by atoms with Gasteiger partial charge in [-0.05, 0) is 24.6 Å². The van der Waals surface area contributed by atoms with Crippen LogP contribution in [0.25, 0.3) is 11.4 Å². The van der Waals surface area contributed by atoms with Gasteiger partial charge < -0.3 is 10.3 Å². The number of benzene rings is 2. The van der Waals surface area contributed by atoms with Gasteiger partial charge in [0.15, 0.2) is 0 Å². The zero-order valence-corrected chi connectivity index (χ0v) is 17.4. The Morgan fingerprint density at radius 3 is 2.50 bits per heavy atom. The molecule has 0 aliphatic heterocycles. The number of aromatic amines is 1. The Bertz CT molecular complexity index is 1210. The molecule has 156 valence electrons. The van der Waals surface area contributed by atoms with Crippen LogP contribution in [0.5, 0.6) is 0 Å². The van der Waals surface area contributed by atoms with Crippen LogP contribution in [0.3, 0.4) is 0 Å². The van der Waals surface area contributed by atoms with E-state index in [0.717, 1.165) is 16.1 Å². The summed E-state index contributed by atoms with van der Waals surface area (Å²) in [6.45, 7) is 1.50. The van der Waals surface area contributed by atoms with E-state index < -0.39 is 15.9 Å². The van der Waals surface area contributed by atoms with Crippen LogP contribution in [-0.2, 0) is 21.4 Å². The first-order chi connectivity index (χ1) is 14.2. The number of hydrogen-bond donors (Lipinski definition) is 2. The fourth-order valence-corrected chi connectivity index (χ4v) is 3.63. The molecular formula is C21H22N4O4S. The molecule has 0 aliphatic carbocycles. The monoisotopic (exact) mass is 426 g/mol. The summed E-state index contributed by atoms with van der Waals surface area (Å²) in [6.07, 6.45) is 1.07. The van der Waals surface area contributed by atoms with Crippen molar-refractivity contribution in [1.29, 1.82) is 0 Å². The van der Waals surface area contributed by atoms with Crippen molar-refractivity contribution in [3.8, 4) is 11.4 Å². The third kappa shape index (κ3) is 5.85. The molecule has 3 rings (SSSR count). The fraction of sp³-hybridized carbons (Fsp3) is 0.190. The van der Waals surface area contributed by atoms with Gasteiger partial charge >= 0.3 is 0 Å². The third-order valence-electron chi connectivity index (χ3n) is 4.28. The van der Waals surface area contributed by atoms with Crippen LogP contribution in [0.1, 0.15) is 11.3 Å². The first-order valence-electron chi connectivity index (χ1n) is 9.18. The lowest BCUT2D eigenvalue weighted by Gasteiger charge is -2.19. The first kappa shape index (κ1) is 21.4. The van der Waals surface area contributed by atoms with E-state index in [4.69, 9.17) is 0 Å². The lowest BCUT2D eigenvalue weighted by molar-refractivity contribution is -0.116. The van der Waals surface area contributed by atoms with Gasteiger partial charge in [-0.3, -0.25) is 9.59 Å². The summed E-state index contributed by atoms with van der Waals surface area (Å²) >= 11 is 0. The second-order valence-corrected chi connectivity index (χ2v) is 8.86. The molecular weight excluding hydrogens is 404 g/mol. The summed E-state index contributed by atoms with van der Waals surface area (Å²) in [5.41, 5.74) is 2.18. The molecule has 0 spiro atoms. The Hall–Kier alpha value is -3.30. The second-order valence-electron chi connectivity index (χ2n) is 6.88. The van der Waals surface area contributed by atoms with E-state index in [-0.39, 0.29) is 18.6 Å². The van der Waals surface area contributed by atoms with Crippen molar-refractivity contribution in [2.75, 3.05) is 18.1 Å². The van der Waals surface area contributed by atoms with Crippen molar-refractivity contribution in [1.82, 2.24) is 14.3 Å². The van der Waals surface area contributed by atoms with Crippen molar-refractivity contribution >= 4 is 21.6 Å². The van der Waals surface area contributed by atoms with Crippen LogP contribution in [0.4, 0.5) is 5.69 Å². The molecule has 0 bridgehead atoms. The Morgan fingerprint density at radius 1 is 1.10 bits per heavy atom. The molecule has 3 aromatic rings. The highest BCUT2D eigenvalue weighted by molar-refractivity contribution is 7.88. The highest BCUT2D eigenvalue weighted by atomic mass is 32.2. The van der Waals surface area contributed by atoms with E-state index in [0.29, 0.717) is 22.8 Å². The average Bonchev–Trinajstić information content (AvgIpc) is 2.67. The van der Waals surface area contributed by atoms with Gasteiger partial charge in [-0.1, -0.05) is 42.5 Å². The Labute approximate surface area is 174 Å². The molecule has 8 nitrogen and oxygen atoms in total. The maximum absolute atomic E-state index is 12.5. The summed E-state index contributed by atoms with van der Waals surface area (Å²) in [4.78, 5) is 31.2. The molecule has 0 saturated carbocycles. The van der Waals surface area contributed by atoms with Crippen LogP contribution >= 0.6 is 0 Å². The summed E-state index contributed by atoms with van der Waals surface area (Å²) in [6, 6.07) is 17.3. The molecule has 9 heteroatoms. The number of amides is 1. The molecule has 1 aromatic heterocycles. The van der Waals surface area contributed by atoms with Crippen molar-refractivity contribution in [2.45, 2.75) is 13.5 Å². The number of nitrogens with zero attached hydrogens (tertiary/aromatic N) is 2. The number of sulfonamides is 1. The topological polar surface area (TPSA) is 112 Å². The number of nitrogens with one attached hydrogen (secondary N) is 2. The molecule has 1 amide bonds. The molecule has 0 aliphatic rings. The molecule has 0 atom stereocenters. The zero-order valence-electron chi connectivity index (χ0n) is 16.6. The lowest BCUT2D eigenvalue weighted by atomic mass is 10.2. The van der Waals surface area contributed by atoms with E-state index in [2.05, 4.69) is 15.3 Å². The van der Waals surface area contributed by atoms with Gasteiger partial charge in [0.05, 0.1) is 12.8 Å². The maximum Gasteiger partial charge on any atom is 0.251 e. The number of carbonyl (C=O) groups excluding carboxylic acids is 1. The third-order valence-corrected chi connectivity index (χ3v) is 5.48. The van der Waals surface area contributed by atoms with E-state index in [9.17, 15) is 18.0 Å². The number of rotatable bonds is 7. The predicted molar refractivity (Wildman–Crippen MR) is 115 cm³/mol. The van der Waals surface area contributed by atoms with Crippen LogP contribution in [-0.4, -0.2) is 41.4 Å². The number of aromatic nitrogens is 2. The number of aryl methyl sites for hydroxylation is 1. The molecule has 1 heterocycles. The van der Waals surface area contributed by atoms with Gasteiger partial charge in [0, 0.05) is 29.6 Å². The SMILES string of the molecule is Cc1cc(=O)[nH]c(-c2cccc(NC(=O)CN(Cc3ccccc3)S(C)(=O)=O)c2)n1. The maximum atomic E-state index is 12.5.